The number of nitrogens with one attached hydrogen (secondary N) is 1. The summed E-state index contributed by atoms with van der Waals surface area (Å²) in [5.74, 6) is -0.308. The van der Waals surface area contributed by atoms with Gasteiger partial charge in [-0.2, -0.15) is 5.10 Å². The number of nitro benzene ring substituents is 2. The molecule has 0 aliphatic heterocycles. The van der Waals surface area contributed by atoms with Crippen molar-refractivity contribution in [2.24, 2.45) is 5.10 Å². The van der Waals surface area contributed by atoms with Gasteiger partial charge in [0.15, 0.2) is 11.5 Å². The fourth-order valence-corrected chi connectivity index (χ4v) is 3.48. The largest absolute Gasteiger partial charge is 0.490 e. The van der Waals surface area contributed by atoms with Crippen LogP contribution in [0.4, 0.5) is 11.4 Å². The average Bonchev–Trinajstić information content (AvgIpc) is 2.81. The Morgan fingerprint density at radius 3 is 2.43 bits per heavy atom. The van der Waals surface area contributed by atoms with Crippen molar-refractivity contribution in [3.63, 3.8) is 0 Å². The van der Waals surface area contributed by atoms with Crippen LogP contribution in [0.25, 0.3) is 0 Å². The topological polar surface area (TPSA) is 146 Å². The maximum Gasteiger partial charge on any atom is 0.318 e. The predicted octanol–water partition coefficient (Wildman–Crippen LogP) is 5.87. The van der Waals surface area contributed by atoms with Crippen LogP contribution < -0.4 is 14.9 Å². The molecule has 0 radical (unpaired) electrons. The smallest absolute Gasteiger partial charge is 0.318 e. The van der Waals surface area contributed by atoms with E-state index < -0.39 is 27.1 Å². The Bertz CT molecular complexity index is 1320. The zero-order valence-corrected chi connectivity index (χ0v) is 20.3. The van der Waals surface area contributed by atoms with E-state index in [2.05, 4.69) is 26.5 Å². The first-order valence-electron chi connectivity index (χ1n) is 9.85. The van der Waals surface area contributed by atoms with Crippen molar-refractivity contribution in [3.05, 3.63) is 95.4 Å². The van der Waals surface area contributed by atoms with Crippen LogP contribution in [-0.4, -0.2) is 28.6 Å². The van der Waals surface area contributed by atoms with Crippen LogP contribution in [0.1, 0.15) is 22.8 Å². The van der Waals surface area contributed by atoms with E-state index in [0.29, 0.717) is 20.6 Å². The van der Waals surface area contributed by atoms with Gasteiger partial charge in [-0.3, -0.25) is 25.0 Å². The SMILES string of the molecule is CCOc1cc(/C=N\NC(=O)c2ccc(Cl)cc2)cc(Br)c1Oc1ccc([N+](=O)[O-])cc1[N+](=O)[O-]. The quantitative estimate of drug-likeness (QED) is 0.194. The van der Waals surface area contributed by atoms with Gasteiger partial charge in [0.25, 0.3) is 11.6 Å². The molecule has 11 nitrogen and oxygen atoms in total. The zero-order valence-electron chi connectivity index (χ0n) is 17.9. The minimum atomic E-state index is -0.777. The Morgan fingerprint density at radius 1 is 1.09 bits per heavy atom. The van der Waals surface area contributed by atoms with Crippen LogP contribution in [-0.2, 0) is 0 Å². The van der Waals surface area contributed by atoms with E-state index in [1.807, 2.05) is 0 Å². The Labute approximate surface area is 211 Å². The third kappa shape index (κ3) is 6.52. The van der Waals surface area contributed by atoms with Crippen LogP contribution in [0.2, 0.25) is 5.02 Å². The standard InChI is InChI=1S/C22H16BrClN4O7/c1-2-34-20-10-13(12-25-26-22(29)14-3-5-15(24)6-4-14)9-17(23)21(20)35-19-8-7-16(27(30)31)11-18(19)28(32)33/h3-12H,2H2,1H3,(H,26,29)/b25-12-. The summed E-state index contributed by atoms with van der Waals surface area (Å²) in [6, 6.07) is 12.5. The predicted molar refractivity (Wildman–Crippen MR) is 132 cm³/mol. The molecule has 0 atom stereocenters. The molecule has 0 bridgehead atoms. The third-order valence-electron chi connectivity index (χ3n) is 4.38. The van der Waals surface area contributed by atoms with Gasteiger partial charge < -0.3 is 9.47 Å². The van der Waals surface area contributed by atoms with E-state index in [-0.39, 0.29) is 23.9 Å². The number of nitrogens with zero attached hydrogens (tertiary/aromatic N) is 3. The van der Waals surface area contributed by atoms with Crippen molar-refractivity contribution >= 4 is 51.0 Å². The van der Waals surface area contributed by atoms with Crippen molar-refractivity contribution in [2.45, 2.75) is 6.92 Å². The lowest BCUT2D eigenvalue weighted by atomic mass is 10.2. The van der Waals surface area contributed by atoms with Gasteiger partial charge in [0.1, 0.15) is 0 Å². The van der Waals surface area contributed by atoms with Crippen molar-refractivity contribution in [1.82, 2.24) is 5.43 Å². The van der Waals surface area contributed by atoms with Gasteiger partial charge in [-0.25, -0.2) is 5.43 Å². The maximum absolute atomic E-state index is 12.2. The molecule has 0 spiro atoms. The first-order valence-corrected chi connectivity index (χ1v) is 11.0. The fraction of sp³-hybridized carbons (Fsp3) is 0.0909. The number of benzene rings is 3. The van der Waals surface area contributed by atoms with Gasteiger partial charge in [-0.1, -0.05) is 11.6 Å². The Morgan fingerprint density at radius 2 is 1.80 bits per heavy atom. The number of hydrazone groups is 1. The minimum absolute atomic E-state index is 0.117. The number of halogens is 2. The number of carbonyl (C=O) groups is 1. The molecule has 3 rings (SSSR count). The highest BCUT2D eigenvalue weighted by Gasteiger charge is 2.23. The maximum atomic E-state index is 12.2. The molecule has 0 unspecified atom stereocenters. The fourth-order valence-electron chi connectivity index (χ4n) is 2.81. The second-order valence-corrected chi connectivity index (χ2v) is 8.03. The number of hydrogen-bond acceptors (Lipinski definition) is 8. The lowest BCUT2D eigenvalue weighted by Gasteiger charge is -2.14. The summed E-state index contributed by atoms with van der Waals surface area (Å²) in [4.78, 5) is 33.1. The molecular weight excluding hydrogens is 548 g/mol. The molecule has 1 N–H and O–H groups in total. The van der Waals surface area contributed by atoms with Crippen LogP contribution in [0, 0.1) is 20.2 Å². The molecule has 3 aromatic carbocycles. The Balaban J connectivity index is 1.86. The van der Waals surface area contributed by atoms with Crippen molar-refractivity contribution in [2.75, 3.05) is 6.61 Å². The Hall–Kier alpha value is -4.03. The number of rotatable bonds is 9. The summed E-state index contributed by atoms with van der Waals surface area (Å²) in [6.45, 7) is 1.98. The van der Waals surface area contributed by atoms with Crippen LogP contribution >= 0.6 is 27.5 Å². The number of non-ortho nitro benzene ring substituents is 1. The molecule has 35 heavy (non-hydrogen) atoms. The summed E-state index contributed by atoms with van der Waals surface area (Å²) >= 11 is 9.16. The summed E-state index contributed by atoms with van der Waals surface area (Å²) < 4.78 is 11.7. The molecule has 0 saturated heterocycles. The van der Waals surface area contributed by atoms with E-state index in [4.69, 9.17) is 21.1 Å². The van der Waals surface area contributed by atoms with E-state index in [9.17, 15) is 25.0 Å². The average molecular weight is 564 g/mol. The zero-order chi connectivity index (χ0) is 25.5. The molecule has 0 heterocycles. The first-order chi connectivity index (χ1) is 16.7. The molecule has 13 heteroatoms. The molecule has 0 aliphatic carbocycles. The highest BCUT2D eigenvalue weighted by Crippen LogP contribution is 2.42. The van der Waals surface area contributed by atoms with Gasteiger partial charge in [0.05, 0.1) is 33.2 Å². The van der Waals surface area contributed by atoms with Crippen molar-refractivity contribution in [3.8, 4) is 17.2 Å². The highest BCUT2D eigenvalue weighted by molar-refractivity contribution is 9.10. The van der Waals surface area contributed by atoms with Crippen LogP contribution in [0.5, 0.6) is 17.2 Å². The van der Waals surface area contributed by atoms with Gasteiger partial charge >= 0.3 is 5.69 Å². The number of carbonyl (C=O) groups excluding carboxylic acids is 1. The summed E-state index contributed by atoms with van der Waals surface area (Å²) in [6.07, 6.45) is 1.37. The summed E-state index contributed by atoms with van der Waals surface area (Å²) in [5, 5.41) is 26.8. The lowest BCUT2D eigenvalue weighted by molar-refractivity contribution is -0.394. The molecule has 0 aromatic heterocycles. The number of nitro groups is 2. The number of amides is 1. The van der Waals surface area contributed by atoms with Gasteiger partial charge in [0.2, 0.25) is 5.75 Å². The van der Waals surface area contributed by atoms with E-state index in [1.165, 1.54) is 6.21 Å². The van der Waals surface area contributed by atoms with E-state index in [0.717, 1.165) is 18.2 Å². The lowest BCUT2D eigenvalue weighted by Crippen LogP contribution is -2.17. The molecule has 0 fully saturated rings. The van der Waals surface area contributed by atoms with E-state index in [1.54, 1.807) is 43.3 Å². The van der Waals surface area contributed by atoms with Crippen LogP contribution in [0.15, 0.2) is 64.2 Å². The molecule has 0 saturated carbocycles. The van der Waals surface area contributed by atoms with Crippen molar-refractivity contribution < 1.29 is 24.1 Å². The first kappa shape index (κ1) is 25.6. The monoisotopic (exact) mass is 562 g/mol. The number of ether oxygens (including phenoxy) is 2. The molecule has 0 aliphatic rings. The second kappa shape index (κ2) is 11.4. The Kier molecular flexibility index (Phi) is 8.34. The highest BCUT2D eigenvalue weighted by atomic mass is 79.9. The molecule has 3 aromatic rings. The molecular formula is C22H16BrClN4O7. The second-order valence-electron chi connectivity index (χ2n) is 6.74. The molecule has 1 amide bonds. The van der Waals surface area contributed by atoms with Crippen molar-refractivity contribution in [1.29, 1.82) is 0 Å². The number of hydrogen-bond donors (Lipinski definition) is 1. The molecule has 180 valence electrons. The minimum Gasteiger partial charge on any atom is -0.490 e. The summed E-state index contributed by atoms with van der Waals surface area (Å²) in [5.41, 5.74) is 2.26. The summed E-state index contributed by atoms with van der Waals surface area (Å²) in [7, 11) is 0. The van der Waals surface area contributed by atoms with Gasteiger partial charge in [-0.05, 0) is 70.9 Å². The third-order valence-corrected chi connectivity index (χ3v) is 5.22. The van der Waals surface area contributed by atoms with Gasteiger partial charge in [0, 0.05) is 16.7 Å². The normalized spacial score (nSPS) is 10.7. The van der Waals surface area contributed by atoms with Gasteiger partial charge in [-0.15, -0.1) is 0 Å². The van der Waals surface area contributed by atoms with E-state index >= 15 is 0 Å². The van der Waals surface area contributed by atoms with Crippen LogP contribution in [0.3, 0.4) is 0 Å².